The van der Waals surface area contributed by atoms with Crippen molar-refractivity contribution in [1.29, 1.82) is 0 Å². The molecule has 10 heteroatoms. The lowest BCUT2D eigenvalue weighted by Gasteiger charge is -2.04. The van der Waals surface area contributed by atoms with Crippen LogP contribution in [-0.2, 0) is 4.79 Å². The highest BCUT2D eigenvalue weighted by Crippen LogP contribution is 2.25. The second-order valence-corrected chi connectivity index (χ2v) is 6.50. The lowest BCUT2D eigenvalue weighted by atomic mass is 10.2. The smallest absolute Gasteiger partial charge is 0.318 e. The highest BCUT2D eigenvalue weighted by atomic mass is 19.1. The number of fused-ring (bicyclic) bond motifs is 1. The Morgan fingerprint density at radius 3 is 2.58 bits per heavy atom. The van der Waals surface area contributed by atoms with Gasteiger partial charge in [-0.15, -0.1) is 0 Å². The molecule has 4 aromatic rings. The van der Waals surface area contributed by atoms with Crippen molar-refractivity contribution in [2.24, 2.45) is 0 Å². The number of nitrogens with one attached hydrogen (secondary N) is 1. The number of carbonyl (C=O) groups excluding carboxylic acids is 1. The normalized spacial score (nSPS) is 11.1. The third-order valence-corrected chi connectivity index (χ3v) is 4.39. The van der Waals surface area contributed by atoms with E-state index in [9.17, 15) is 19.3 Å². The molecule has 154 valence electrons. The zero-order valence-electron chi connectivity index (χ0n) is 15.8. The van der Waals surface area contributed by atoms with Gasteiger partial charge in [0.2, 0.25) is 5.91 Å². The summed E-state index contributed by atoms with van der Waals surface area (Å²) in [4.78, 5) is 31.2. The number of benzene rings is 2. The van der Waals surface area contributed by atoms with E-state index in [0.717, 1.165) is 4.73 Å². The van der Waals surface area contributed by atoms with Crippen LogP contribution in [0.2, 0.25) is 0 Å². The minimum absolute atomic E-state index is 0.0611. The molecule has 0 fully saturated rings. The van der Waals surface area contributed by atoms with Gasteiger partial charge in [-0.05, 0) is 42.0 Å². The molecule has 0 radical (unpaired) electrons. The van der Waals surface area contributed by atoms with E-state index in [1.54, 1.807) is 30.3 Å². The maximum Gasteiger partial charge on any atom is 0.318 e. The summed E-state index contributed by atoms with van der Waals surface area (Å²) in [5.74, 6) is -0.631. The van der Waals surface area contributed by atoms with Gasteiger partial charge >= 0.3 is 5.69 Å². The van der Waals surface area contributed by atoms with E-state index in [1.165, 1.54) is 42.6 Å². The van der Waals surface area contributed by atoms with E-state index < -0.39 is 5.91 Å². The van der Waals surface area contributed by atoms with E-state index in [0.29, 0.717) is 22.5 Å². The largest absolute Gasteiger partial charge is 0.426 e. The molecule has 0 aliphatic rings. The van der Waals surface area contributed by atoms with Crippen molar-refractivity contribution >= 4 is 34.4 Å². The standard InChI is InChI=1S/C21H14FN5O4/c22-14-4-1-13(2-5-14)3-10-20(28)24-15-6-8-18(23-12-15)21-25-17-9-7-16(27(30)31)11-19(17)26(21)29/h1-12,29H,(H-,24,25,28,30,31)/p+1/b10-3+. The molecule has 2 heterocycles. The Morgan fingerprint density at radius 2 is 1.90 bits per heavy atom. The van der Waals surface area contributed by atoms with Gasteiger partial charge in [0.15, 0.2) is 5.82 Å². The number of aromatic nitrogens is 3. The fraction of sp³-hybridized carbons (Fsp3) is 0. The summed E-state index contributed by atoms with van der Waals surface area (Å²) < 4.78 is 13.7. The molecule has 0 aliphatic heterocycles. The SMILES string of the molecule is O=C(/C=C/c1ccc(F)cc1)Nc1ccc(-c2nc3ccc([N+](=O)O)cc3n2O)nc1. The van der Waals surface area contributed by atoms with Crippen molar-refractivity contribution in [2.45, 2.75) is 0 Å². The number of imidazole rings is 1. The zero-order valence-corrected chi connectivity index (χ0v) is 15.8. The average molecular weight is 420 g/mol. The molecule has 9 nitrogen and oxygen atoms in total. The molecule has 0 saturated heterocycles. The maximum atomic E-state index is 12.9. The van der Waals surface area contributed by atoms with Crippen molar-refractivity contribution in [3.05, 3.63) is 83.2 Å². The lowest BCUT2D eigenvalue weighted by molar-refractivity contribution is -0.729. The predicted molar refractivity (Wildman–Crippen MR) is 109 cm³/mol. The molecule has 0 saturated carbocycles. The highest BCUT2D eigenvalue weighted by molar-refractivity contribution is 6.01. The van der Waals surface area contributed by atoms with Crippen LogP contribution in [-0.4, -0.2) is 35.9 Å². The monoisotopic (exact) mass is 420 g/mol. The van der Waals surface area contributed by atoms with Crippen molar-refractivity contribution in [3.63, 3.8) is 0 Å². The van der Waals surface area contributed by atoms with Crippen molar-refractivity contribution in [1.82, 2.24) is 14.7 Å². The molecule has 3 N–H and O–H groups in total. The van der Waals surface area contributed by atoms with Crippen LogP contribution >= 0.6 is 0 Å². The van der Waals surface area contributed by atoms with Crippen LogP contribution in [0.1, 0.15) is 5.56 Å². The van der Waals surface area contributed by atoms with Gasteiger partial charge in [0.05, 0.1) is 22.3 Å². The van der Waals surface area contributed by atoms with Crippen LogP contribution in [0.3, 0.4) is 0 Å². The first-order valence-corrected chi connectivity index (χ1v) is 8.99. The van der Waals surface area contributed by atoms with Crippen LogP contribution in [0.5, 0.6) is 0 Å². The van der Waals surface area contributed by atoms with E-state index in [-0.39, 0.29) is 27.8 Å². The molecule has 2 aromatic carbocycles. The van der Waals surface area contributed by atoms with Gasteiger partial charge < -0.3 is 10.5 Å². The zero-order chi connectivity index (χ0) is 22.0. The second-order valence-electron chi connectivity index (χ2n) is 6.50. The molecule has 0 atom stereocenters. The summed E-state index contributed by atoms with van der Waals surface area (Å²) in [5.41, 5.74) is 1.97. The molecule has 2 aromatic heterocycles. The van der Waals surface area contributed by atoms with Crippen LogP contribution in [0, 0.1) is 10.7 Å². The molecule has 0 aliphatic carbocycles. The Bertz CT molecular complexity index is 1310. The number of pyridine rings is 1. The van der Waals surface area contributed by atoms with Crippen LogP contribution in [0.4, 0.5) is 15.8 Å². The van der Waals surface area contributed by atoms with Gasteiger partial charge in [-0.3, -0.25) is 9.78 Å². The molecular weight excluding hydrogens is 405 g/mol. The van der Waals surface area contributed by atoms with E-state index >= 15 is 0 Å². The average Bonchev–Trinajstić information content (AvgIpc) is 3.10. The summed E-state index contributed by atoms with van der Waals surface area (Å²) in [6, 6.07) is 13.0. The number of nitrogens with zero attached hydrogens (tertiary/aromatic N) is 4. The number of hydrogen-bond donors (Lipinski definition) is 3. The van der Waals surface area contributed by atoms with Gasteiger partial charge in [0.1, 0.15) is 17.0 Å². The third-order valence-electron chi connectivity index (χ3n) is 4.39. The predicted octanol–water partition coefficient (Wildman–Crippen LogP) is 3.93. The number of halogens is 1. The molecule has 0 spiro atoms. The number of anilines is 1. The fourth-order valence-corrected chi connectivity index (χ4v) is 2.87. The Morgan fingerprint density at radius 1 is 1.13 bits per heavy atom. The molecule has 1 amide bonds. The molecule has 4 rings (SSSR count). The summed E-state index contributed by atoms with van der Waals surface area (Å²) in [7, 11) is 0. The third kappa shape index (κ3) is 4.22. The first-order valence-electron chi connectivity index (χ1n) is 8.99. The Hall–Kier alpha value is -4.60. The Balaban J connectivity index is 1.50. The Labute approximate surface area is 174 Å². The minimum Gasteiger partial charge on any atom is -0.426 e. The lowest BCUT2D eigenvalue weighted by Crippen LogP contribution is -2.08. The van der Waals surface area contributed by atoms with Gasteiger partial charge in [0.25, 0.3) is 4.92 Å². The Kier molecular flexibility index (Phi) is 5.10. The number of carbonyl (C=O) groups is 1. The molecule has 31 heavy (non-hydrogen) atoms. The fourth-order valence-electron chi connectivity index (χ4n) is 2.87. The molecule has 0 unspecified atom stereocenters. The summed E-state index contributed by atoms with van der Waals surface area (Å²) in [6.45, 7) is 0. The number of rotatable bonds is 5. The second kappa shape index (κ2) is 8.03. The van der Waals surface area contributed by atoms with Gasteiger partial charge in [-0.25, -0.2) is 14.6 Å². The topological polar surface area (TPSA) is 120 Å². The van der Waals surface area contributed by atoms with Gasteiger partial charge in [0, 0.05) is 18.2 Å². The summed E-state index contributed by atoms with van der Waals surface area (Å²) >= 11 is 0. The van der Waals surface area contributed by atoms with Crippen LogP contribution in [0.25, 0.3) is 28.6 Å². The number of hydrogen-bond acceptors (Lipinski definition) is 5. The highest BCUT2D eigenvalue weighted by Gasteiger charge is 2.18. The van der Waals surface area contributed by atoms with E-state index in [2.05, 4.69) is 15.3 Å². The van der Waals surface area contributed by atoms with Crippen molar-refractivity contribution in [2.75, 3.05) is 5.32 Å². The van der Waals surface area contributed by atoms with Crippen LogP contribution < -0.4 is 5.32 Å². The van der Waals surface area contributed by atoms with E-state index in [1.807, 2.05) is 0 Å². The molecular formula is C21H15FN5O4+. The van der Waals surface area contributed by atoms with Crippen molar-refractivity contribution < 1.29 is 24.5 Å². The maximum absolute atomic E-state index is 12.9. The first kappa shape index (κ1) is 19.7. The van der Waals surface area contributed by atoms with Crippen molar-refractivity contribution in [3.8, 4) is 11.5 Å². The first-order chi connectivity index (χ1) is 14.9. The number of amides is 1. The summed E-state index contributed by atoms with van der Waals surface area (Å²) in [5, 5.41) is 22.0. The molecule has 0 bridgehead atoms. The summed E-state index contributed by atoms with van der Waals surface area (Å²) in [6.07, 6.45) is 4.26. The quantitative estimate of drug-likeness (QED) is 0.256. The van der Waals surface area contributed by atoms with Gasteiger partial charge in [-0.1, -0.05) is 12.1 Å². The minimum atomic E-state index is -0.396. The van der Waals surface area contributed by atoms with Gasteiger partial charge in [-0.2, -0.15) is 4.73 Å². The van der Waals surface area contributed by atoms with Crippen LogP contribution in [0.15, 0.2) is 66.9 Å². The van der Waals surface area contributed by atoms with E-state index in [4.69, 9.17) is 5.21 Å².